The second-order valence-electron chi connectivity index (χ2n) is 28.6. The highest BCUT2D eigenvalue weighted by molar-refractivity contribution is 6.28. The number of benzene rings is 16. The van der Waals surface area contributed by atoms with E-state index in [4.69, 9.17) is 24.9 Å². The number of hydrogen-bond acceptors (Lipinski definition) is 5. The van der Waals surface area contributed by atoms with E-state index in [1.807, 2.05) is 30.3 Å². The van der Waals surface area contributed by atoms with Gasteiger partial charge < -0.3 is 18.3 Å². The van der Waals surface area contributed by atoms with Gasteiger partial charge in [0.25, 0.3) is 0 Å². The molecule has 0 amide bonds. The van der Waals surface area contributed by atoms with Crippen LogP contribution in [0.1, 0.15) is 0 Å². The Labute approximate surface area is 644 Å². The van der Waals surface area contributed by atoms with Gasteiger partial charge in [-0.25, -0.2) is 24.9 Å². The van der Waals surface area contributed by atoms with Gasteiger partial charge in [0.15, 0.2) is 23.3 Å². The predicted molar refractivity (Wildman–Crippen MR) is 462 cm³/mol. The Morgan fingerprint density at radius 3 is 1.07 bits per heavy atom. The summed E-state index contributed by atoms with van der Waals surface area (Å²) in [6.45, 7) is 0. The Morgan fingerprint density at radius 2 is 0.518 bits per heavy atom. The van der Waals surface area contributed by atoms with E-state index in [1.165, 1.54) is 43.4 Å². The highest BCUT2D eigenvalue weighted by Gasteiger charge is 2.26. The summed E-state index contributed by atoms with van der Waals surface area (Å²) in [7, 11) is 0. The molecule has 0 N–H and O–H groups in total. The topological polar surface area (TPSA) is 84.2 Å². The number of fused-ring (bicyclic) bond motifs is 14. The molecule has 0 atom stereocenters. The second kappa shape index (κ2) is 26.3. The molecule has 6 heterocycles. The summed E-state index contributed by atoms with van der Waals surface area (Å²) in [6.07, 6.45) is 0. The van der Waals surface area contributed by atoms with Crippen molar-refractivity contribution in [2.75, 3.05) is 0 Å². The van der Waals surface area contributed by atoms with Crippen LogP contribution in [0.5, 0.6) is 0 Å². The molecule has 16 aromatic carbocycles. The van der Waals surface area contributed by atoms with E-state index in [9.17, 15) is 0 Å². The summed E-state index contributed by atoms with van der Waals surface area (Å²) in [5, 5.41) is 9.54. The van der Waals surface area contributed by atoms with E-state index in [0.717, 1.165) is 145 Å². The molecule has 0 unspecified atom stereocenters. The van der Waals surface area contributed by atoms with E-state index in [0.29, 0.717) is 23.3 Å². The van der Waals surface area contributed by atoms with Crippen molar-refractivity contribution in [1.82, 2.24) is 43.2 Å². The Hall–Kier alpha value is -15.2. The minimum atomic E-state index is 0.599. The van der Waals surface area contributed by atoms with Gasteiger partial charge in [-0.3, -0.25) is 0 Å². The molecular formula is C103H65N9. The van der Waals surface area contributed by atoms with Crippen molar-refractivity contribution in [3.8, 4) is 124 Å². The van der Waals surface area contributed by atoms with Crippen LogP contribution in [0.15, 0.2) is 394 Å². The zero-order valence-corrected chi connectivity index (χ0v) is 60.6. The molecule has 0 aliphatic heterocycles. The molecule has 0 saturated carbocycles. The third kappa shape index (κ3) is 10.6. The molecule has 22 aromatic rings. The number of aromatic nitrogens is 9. The maximum absolute atomic E-state index is 5.48. The first kappa shape index (κ1) is 64.0. The molecule has 0 bridgehead atoms. The molecule has 9 heteroatoms. The Kier molecular flexibility index (Phi) is 15.1. The van der Waals surface area contributed by atoms with E-state index in [-0.39, 0.29) is 0 Å². The van der Waals surface area contributed by atoms with Crippen molar-refractivity contribution >= 4 is 87.2 Å². The van der Waals surface area contributed by atoms with Crippen molar-refractivity contribution in [3.63, 3.8) is 0 Å². The third-order valence-electron chi connectivity index (χ3n) is 22.3. The van der Waals surface area contributed by atoms with Gasteiger partial charge in [-0.2, -0.15) is 0 Å². The SMILES string of the molecule is c1ccc(-c2cccc(-c3nc(-c4ccccc4)nc(-c4ccc(-n5c6ccccc6c6c5ccc5c7ccc(-c8ccccc8-c8ccccc8-c8cc(-c9ccc(-n%10c%11ccccc%11c%11c%10ccc%10c%12ccccc%12n(-c%12ccccc%12)c%10%11)cc9)nc(-c9ccccc9)n8)cc7n(-c7ccccc7)c56)cc4)n3)c2)cc1. The first-order valence-electron chi connectivity index (χ1n) is 38.0. The van der Waals surface area contributed by atoms with E-state index >= 15 is 0 Å². The summed E-state index contributed by atoms with van der Waals surface area (Å²) < 4.78 is 9.74. The molecule has 0 fully saturated rings. The largest absolute Gasteiger partial charge is 0.309 e. The molecule has 0 radical (unpaired) electrons. The lowest BCUT2D eigenvalue weighted by Gasteiger charge is -2.16. The summed E-state index contributed by atoms with van der Waals surface area (Å²) >= 11 is 0. The summed E-state index contributed by atoms with van der Waals surface area (Å²) in [5.74, 6) is 2.48. The second-order valence-corrected chi connectivity index (χ2v) is 28.6. The van der Waals surface area contributed by atoms with Crippen LogP contribution in [0.4, 0.5) is 0 Å². The number of para-hydroxylation sites is 5. The zero-order chi connectivity index (χ0) is 73.7. The highest BCUT2D eigenvalue weighted by Crippen LogP contribution is 2.47. The van der Waals surface area contributed by atoms with Crippen LogP contribution in [0, 0.1) is 0 Å². The van der Waals surface area contributed by atoms with Gasteiger partial charge >= 0.3 is 0 Å². The van der Waals surface area contributed by atoms with Crippen molar-refractivity contribution < 1.29 is 0 Å². The Bertz CT molecular complexity index is 7450. The standard InChI is InChI=1S/C103H65N9/c1-6-27-66(28-7-1)71-33-26-34-73(63-71)103-107-101(69-31-10-3-11-32-69)106-102(108-103)70-51-56-77(57-52-70)110-92-48-25-22-45-87(92)97-94(110)62-60-85-83-58-53-72(64-95(83)112(99(85)97)75-37-14-5-15-38-75)78-39-16-17-40-79(78)80-41-18-19-42-81(80)89-65-88(104-100(105-89)68-29-8-2-9-30-68)67-49-54-76(55-50-67)109-91-47-24-21-44-86(91)96-93(109)61-59-84-82-43-20-23-46-90(82)111(98(84)96)74-35-12-4-13-36-74/h1-65H. The van der Waals surface area contributed by atoms with E-state index < -0.39 is 0 Å². The Balaban J connectivity index is 0.648. The van der Waals surface area contributed by atoms with Gasteiger partial charge in [0.05, 0.1) is 55.5 Å². The molecule has 0 saturated heterocycles. The molecule has 0 spiro atoms. The predicted octanol–water partition coefficient (Wildman–Crippen LogP) is 26.1. The smallest absolute Gasteiger partial charge is 0.164 e. The molecule has 112 heavy (non-hydrogen) atoms. The quantitative estimate of drug-likeness (QED) is 0.115. The zero-order valence-electron chi connectivity index (χ0n) is 60.6. The summed E-state index contributed by atoms with van der Waals surface area (Å²) in [5.41, 5.74) is 27.3. The lowest BCUT2D eigenvalue weighted by Crippen LogP contribution is -2.00. The molecule has 9 nitrogen and oxygen atoms in total. The van der Waals surface area contributed by atoms with Crippen molar-refractivity contribution in [2.45, 2.75) is 0 Å². The number of hydrogen-bond donors (Lipinski definition) is 0. The minimum absolute atomic E-state index is 0.599. The lowest BCUT2D eigenvalue weighted by atomic mass is 9.90. The van der Waals surface area contributed by atoms with Gasteiger partial charge in [-0.15, -0.1) is 0 Å². The molecule has 0 aliphatic rings. The van der Waals surface area contributed by atoms with Gasteiger partial charge in [0.1, 0.15) is 0 Å². The first-order chi connectivity index (χ1) is 55.6. The van der Waals surface area contributed by atoms with Crippen LogP contribution in [0.3, 0.4) is 0 Å². The average Bonchev–Trinajstić information content (AvgIpc) is 1.54. The van der Waals surface area contributed by atoms with Crippen molar-refractivity contribution in [3.05, 3.63) is 394 Å². The fourth-order valence-electron chi connectivity index (χ4n) is 17.2. The van der Waals surface area contributed by atoms with E-state index in [2.05, 4.69) is 382 Å². The molecular weight excluding hydrogens is 1360 g/mol. The highest BCUT2D eigenvalue weighted by atomic mass is 15.1. The molecule has 6 aromatic heterocycles. The minimum Gasteiger partial charge on any atom is -0.309 e. The first-order valence-corrected chi connectivity index (χ1v) is 38.0. The van der Waals surface area contributed by atoms with Crippen LogP contribution < -0.4 is 0 Å². The molecule has 0 aliphatic carbocycles. The van der Waals surface area contributed by atoms with Crippen molar-refractivity contribution in [1.29, 1.82) is 0 Å². The van der Waals surface area contributed by atoms with Crippen LogP contribution >= 0.6 is 0 Å². The third-order valence-corrected chi connectivity index (χ3v) is 22.3. The average molecular weight is 1430 g/mol. The summed E-state index contributed by atoms with van der Waals surface area (Å²) in [4.78, 5) is 26.3. The molecule has 22 rings (SSSR count). The fraction of sp³-hybridized carbons (Fsp3) is 0. The normalized spacial score (nSPS) is 11.8. The van der Waals surface area contributed by atoms with Gasteiger partial charge in [-0.05, 0) is 143 Å². The number of rotatable bonds is 13. The Morgan fingerprint density at radius 1 is 0.161 bits per heavy atom. The monoisotopic (exact) mass is 1430 g/mol. The molecule has 522 valence electrons. The van der Waals surface area contributed by atoms with Gasteiger partial charge in [0, 0.05) is 99.2 Å². The van der Waals surface area contributed by atoms with Crippen LogP contribution in [0.25, 0.3) is 211 Å². The van der Waals surface area contributed by atoms with Crippen LogP contribution in [0.2, 0.25) is 0 Å². The fourth-order valence-corrected chi connectivity index (χ4v) is 17.2. The van der Waals surface area contributed by atoms with Crippen LogP contribution in [-0.2, 0) is 0 Å². The summed E-state index contributed by atoms with van der Waals surface area (Å²) in [6, 6.07) is 141. The van der Waals surface area contributed by atoms with Gasteiger partial charge in [0.2, 0.25) is 0 Å². The maximum atomic E-state index is 5.48. The lowest BCUT2D eigenvalue weighted by molar-refractivity contribution is 1.07. The number of nitrogens with zero attached hydrogens (tertiary/aromatic N) is 9. The van der Waals surface area contributed by atoms with Crippen LogP contribution in [-0.4, -0.2) is 43.2 Å². The van der Waals surface area contributed by atoms with Gasteiger partial charge in [-0.1, -0.05) is 285 Å². The maximum Gasteiger partial charge on any atom is 0.164 e. The van der Waals surface area contributed by atoms with Crippen molar-refractivity contribution in [2.24, 2.45) is 0 Å². The van der Waals surface area contributed by atoms with E-state index in [1.54, 1.807) is 0 Å².